The molecule has 0 saturated carbocycles. The molecule has 0 saturated heterocycles. The van der Waals surface area contributed by atoms with Crippen LogP contribution >= 0.6 is 11.6 Å². The smallest absolute Gasteiger partial charge is 0.331 e. The first kappa shape index (κ1) is 14.4. The third-order valence-corrected chi connectivity index (χ3v) is 3.20. The number of pyridine rings is 1. The van der Waals surface area contributed by atoms with Crippen molar-refractivity contribution in [2.75, 3.05) is 0 Å². The standard InChI is InChI=1S/C16H13ClN2O3/c1-11-2-4-14(22-11)5-7-16(20)21-10-13-9-19-8-12(17)3-6-15(19)18-13/h2-9H,10H2,1H3/b7-5+. The van der Waals surface area contributed by atoms with Crippen LogP contribution in [0.25, 0.3) is 11.7 Å². The normalized spacial score (nSPS) is 11.4. The fraction of sp³-hybridized carbons (Fsp3) is 0.125. The highest BCUT2D eigenvalue weighted by atomic mass is 35.5. The minimum absolute atomic E-state index is 0.0969. The predicted molar refractivity (Wildman–Crippen MR) is 82.5 cm³/mol. The minimum atomic E-state index is -0.454. The van der Waals surface area contributed by atoms with E-state index in [2.05, 4.69) is 4.98 Å². The number of hydrogen-bond acceptors (Lipinski definition) is 4. The van der Waals surface area contributed by atoms with Gasteiger partial charge in [0.2, 0.25) is 0 Å². The maximum Gasteiger partial charge on any atom is 0.331 e. The number of imidazole rings is 1. The molecule has 3 heterocycles. The van der Waals surface area contributed by atoms with Gasteiger partial charge in [0.25, 0.3) is 0 Å². The van der Waals surface area contributed by atoms with E-state index >= 15 is 0 Å². The first-order valence-corrected chi connectivity index (χ1v) is 7.02. The molecule has 6 heteroatoms. The van der Waals surface area contributed by atoms with Gasteiger partial charge in [0.1, 0.15) is 23.8 Å². The predicted octanol–water partition coefficient (Wildman–Crippen LogP) is 3.65. The molecule has 0 spiro atoms. The molecule has 0 aromatic carbocycles. The van der Waals surface area contributed by atoms with Crippen LogP contribution in [0.4, 0.5) is 0 Å². The molecule has 3 aromatic rings. The van der Waals surface area contributed by atoms with Gasteiger partial charge in [-0.1, -0.05) is 11.6 Å². The number of halogens is 1. The third-order valence-electron chi connectivity index (χ3n) is 2.97. The van der Waals surface area contributed by atoms with Gasteiger partial charge in [-0.25, -0.2) is 9.78 Å². The lowest BCUT2D eigenvalue weighted by atomic mass is 10.4. The van der Waals surface area contributed by atoms with Gasteiger partial charge in [0, 0.05) is 18.5 Å². The van der Waals surface area contributed by atoms with E-state index in [-0.39, 0.29) is 6.61 Å². The van der Waals surface area contributed by atoms with Crippen molar-refractivity contribution in [3.63, 3.8) is 0 Å². The average Bonchev–Trinajstić information content (AvgIpc) is 3.08. The van der Waals surface area contributed by atoms with Crippen molar-refractivity contribution >= 4 is 29.3 Å². The number of hydrogen-bond donors (Lipinski definition) is 0. The number of fused-ring (bicyclic) bond motifs is 1. The molecular weight excluding hydrogens is 304 g/mol. The monoisotopic (exact) mass is 316 g/mol. The number of furan rings is 1. The van der Waals surface area contributed by atoms with Gasteiger partial charge in [-0.2, -0.15) is 0 Å². The van der Waals surface area contributed by atoms with Crippen LogP contribution in [0.3, 0.4) is 0 Å². The Morgan fingerprint density at radius 3 is 3.00 bits per heavy atom. The first-order chi connectivity index (χ1) is 10.6. The minimum Gasteiger partial charge on any atom is -0.462 e. The van der Waals surface area contributed by atoms with E-state index in [1.807, 2.05) is 13.0 Å². The Morgan fingerprint density at radius 1 is 1.36 bits per heavy atom. The number of nitrogens with zero attached hydrogens (tertiary/aromatic N) is 2. The van der Waals surface area contributed by atoms with Crippen molar-refractivity contribution in [2.45, 2.75) is 13.5 Å². The number of carbonyl (C=O) groups is 1. The number of aryl methyl sites for hydroxylation is 1. The summed E-state index contributed by atoms with van der Waals surface area (Å²) in [7, 11) is 0. The zero-order chi connectivity index (χ0) is 15.5. The lowest BCUT2D eigenvalue weighted by Crippen LogP contribution is -2.00. The zero-order valence-corrected chi connectivity index (χ0v) is 12.6. The zero-order valence-electron chi connectivity index (χ0n) is 11.8. The molecule has 0 amide bonds. The van der Waals surface area contributed by atoms with Gasteiger partial charge in [0.15, 0.2) is 0 Å². The second-order valence-electron chi connectivity index (χ2n) is 4.73. The number of esters is 1. The summed E-state index contributed by atoms with van der Waals surface area (Å²) in [5.74, 6) is 0.942. The molecule has 0 fully saturated rings. The summed E-state index contributed by atoms with van der Waals surface area (Å²) in [6.07, 6.45) is 6.41. The molecule has 5 nitrogen and oxygen atoms in total. The van der Waals surface area contributed by atoms with E-state index < -0.39 is 5.97 Å². The second-order valence-corrected chi connectivity index (χ2v) is 5.17. The van der Waals surface area contributed by atoms with Crippen LogP contribution < -0.4 is 0 Å². The van der Waals surface area contributed by atoms with E-state index in [4.69, 9.17) is 20.8 Å². The topological polar surface area (TPSA) is 56.7 Å². The average molecular weight is 317 g/mol. The molecule has 0 aliphatic rings. The molecule has 0 N–H and O–H groups in total. The number of rotatable bonds is 4. The van der Waals surface area contributed by atoms with Crippen LogP contribution in [-0.2, 0) is 16.1 Å². The van der Waals surface area contributed by atoms with Gasteiger partial charge in [-0.15, -0.1) is 0 Å². The van der Waals surface area contributed by atoms with Crippen LogP contribution in [0.1, 0.15) is 17.2 Å². The maximum absolute atomic E-state index is 11.7. The van der Waals surface area contributed by atoms with Crippen LogP contribution in [0.15, 0.2) is 47.2 Å². The van der Waals surface area contributed by atoms with Crippen molar-refractivity contribution < 1.29 is 13.9 Å². The van der Waals surface area contributed by atoms with Crippen molar-refractivity contribution in [1.29, 1.82) is 0 Å². The molecule has 3 rings (SSSR count). The Kier molecular flexibility index (Phi) is 3.98. The van der Waals surface area contributed by atoms with Crippen LogP contribution in [0, 0.1) is 6.92 Å². The Labute approximate surface area is 131 Å². The van der Waals surface area contributed by atoms with Crippen molar-refractivity contribution in [2.24, 2.45) is 0 Å². The van der Waals surface area contributed by atoms with Gasteiger partial charge < -0.3 is 13.6 Å². The fourth-order valence-electron chi connectivity index (χ4n) is 1.97. The summed E-state index contributed by atoms with van der Waals surface area (Å²) in [5, 5.41) is 0.616. The summed E-state index contributed by atoms with van der Waals surface area (Å²) in [6.45, 7) is 1.94. The summed E-state index contributed by atoms with van der Waals surface area (Å²) < 4.78 is 12.2. The molecular formula is C16H13ClN2O3. The Balaban J connectivity index is 1.61. The van der Waals surface area contributed by atoms with E-state index in [9.17, 15) is 4.79 Å². The highest BCUT2D eigenvalue weighted by Crippen LogP contribution is 2.12. The summed E-state index contributed by atoms with van der Waals surface area (Å²) in [6, 6.07) is 7.17. The number of ether oxygens (including phenoxy) is 1. The summed E-state index contributed by atoms with van der Waals surface area (Å²) in [5.41, 5.74) is 1.40. The molecule has 0 unspecified atom stereocenters. The van der Waals surface area contributed by atoms with Crippen molar-refractivity contribution in [1.82, 2.24) is 9.38 Å². The highest BCUT2D eigenvalue weighted by Gasteiger charge is 2.05. The number of aromatic nitrogens is 2. The third kappa shape index (κ3) is 3.38. The molecule has 3 aromatic heterocycles. The first-order valence-electron chi connectivity index (χ1n) is 6.64. The maximum atomic E-state index is 11.7. The molecule has 0 aliphatic heterocycles. The van der Waals surface area contributed by atoms with E-state index in [1.54, 1.807) is 41.1 Å². The lowest BCUT2D eigenvalue weighted by molar-refractivity contribution is -0.139. The van der Waals surface area contributed by atoms with E-state index in [0.29, 0.717) is 16.5 Å². The summed E-state index contributed by atoms with van der Waals surface area (Å²) in [4.78, 5) is 16.0. The number of carbonyl (C=O) groups excluding carboxylic acids is 1. The SMILES string of the molecule is Cc1ccc(/C=C/C(=O)OCc2cn3cc(Cl)ccc3n2)o1. The molecule has 0 bridgehead atoms. The lowest BCUT2D eigenvalue weighted by Gasteiger charge is -1.97. The van der Waals surface area contributed by atoms with Crippen LogP contribution in [-0.4, -0.2) is 15.4 Å². The van der Waals surface area contributed by atoms with E-state index in [1.165, 1.54) is 6.08 Å². The Bertz CT molecular complexity index is 848. The van der Waals surface area contributed by atoms with Crippen LogP contribution in [0.2, 0.25) is 5.02 Å². The molecule has 0 aliphatic carbocycles. The largest absolute Gasteiger partial charge is 0.462 e. The van der Waals surface area contributed by atoms with Gasteiger partial charge >= 0.3 is 5.97 Å². The second kappa shape index (κ2) is 6.07. The van der Waals surface area contributed by atoms with Gasteiger partial charge in [-0.3, -0.25) is 0 Å². The Hall–Kier alpha value is -2.53. The van der Waals surface area contributed by atoms with Gasteiger partial charge in [0.05, 0.1) is 10.7 Å². The van der Waals surface area contributed by atoms with Crippen LogP contribution in [0.5, 0.6) is 0 Å². The molecule has 112 valence electrons. The van der Waals surface area contributed by atoms with Crippen molar-refractivity contribution in [3.8, 4) is 0 Å². The Morgan fingerprint density at radius 2 is 2.23 bits per heavy atom. The summed E-state index contributed by atoms with van der Waals surface area (Å²) >= 11 is 5.90. The molecule has 22 heavy (non-hydrogen) atoms. The molecule has 0 radical (unpaired) electrons. The quantitative estimate of drug-likeness (QED) is 0.544. The fourth-order valence-corrected chi connectivity index (χ4v) is 2.14. The van der Waals surface area contributed by atoms with E-state index in [0.717, 1.165) is 11.4 Å². The molecule has 0 atom stereocenters. The highest BCUT2D eigenvalue weighted by molar-refractivity contribution is 6.30. The van der Waals surface area contributed by atoms with Crippen molar-refractivity contribution in [3.05, 3.63) is 65.0 Å². The van der Waals surface area contributed by atoms with Gasteiger partial charge in [-0.05, 0) is 37.3 Å².